The van der Waals surface area contributed by atoms with Crippen LogP contribution in [-0.2, 0) is 12.4 Å². The third kappa shape index (κ3) is 5.26. The van der Waals surface area contributed by atoms with Gasteiger partial charge in [0.1, 0.15) is 17.2 Å². The number of pyridine rings is 1. The van der Waals surface area contributed by atoms with Crippen molar-refractivity contribution >= 4 is 28.9 Å². The fourth-order valence-electron chi connectivity index (χ4n) is 2.42. The van der Waals surface area contributed by atoms with Gasteiger partial charge in [0.05, 0.1) is 21.2 Å². The first-order valence-corrected chi connectivity index (χ1v) is 8.95. The van der Waals surface area contributed by atoms with Gasteiger partial charge in [-0.25, -0.2) is 4.98 Å². The summed E-state index contributed by atoms with van der Waals surface area (Å²) in [5.41, 5.74) is 3.38. The summed E-state index contributed by atoms with van der Waals surface area (Å²) in [6.45, 7) is 0. The molecule has 3 aromatic rings. The maximum atomic E-state index is 13.0. The minimum absolute atomic E-state index is 0.134. The van der Waals surface area contributed by atoms with Crippen LogP contribution in [0, 0.1) is 0 Å². The second kappa shape index (κ2) is 8.35. The van der Waals surface area contributed by atoms with Crippen LogP contribution < -0.4 is 15.2 Å². The summed E-state index contributed by atoms with van der Waals surface area (Å²) in [7, 11) is 0. The van der Waals surface area contributed by atoms with Gasteiger partial charge in [0.15, 0.2) is 5.75 Å². The van der Waals surface area contributed by atoms with Crippen molar-refractivity contribution in [1.82, 2.24) is 4.98 Å². The normalized spacial score (nSPS) is 12.0. The third-order valence-corrected chi connectivity index (χ3v) is 4.50. The lowest BCUT2D eigenvalue weighted by atomic mass is 10.2. The number of benzene rings is 2. The van der Waals surface area contributed by atoms with Crippen LogP contribution in [0.2, 0.25) is 10.0 Å². The molecule has 0 bridgehead atoms. The Bertz CT molecular complexity index is 1040. The molecule has 3 rings (SSSR count). The lowest BCUT2D eigenvalue weighted by molar-refractivity contribution is -0.138. The molecule has 164 valence electrons. The number of halogens is 8. The number of anilines is 1. The molecule has 0 unspecified atom stereocenters. The predicted molar refractivity (Wildman–Crippen MR) is 102 cm³/mol. The maximum Gasteiger partial charge on any atom is 0.417 e. The van der Waals surface area contributed by atoms with Gasteiger partial charge in [0.2, 0.25) is 5.88 Å². The zero-order valence-corrected chi connectivity index (χ0v) is 16.5. The standard InChI is InChI=1S/C19H10Cl2F6N2O2/c20-13-3-1-9(7-11(13)18(22,23)24)30-15-5-6-29-17(16(15)28)31-10-2-4-14(21)12(8-10)19(25,26)27/h1-8H,28H2. The van der Waals surface area contributed by atoms with Crippen molar-refractivity contribution in [3.8, 4) is 23.1 Å². The van der Waals surface area contributed by atoms with Gasteiger partial charge in [-0.05, 0) is 36.4 Å². The molecular weight excluding hydrogens is 473 g/mol. The molecule has 0 saturated carbocycles. The number of nitrogens with two attached hydrogens (primary N) is 1. The molecule has 0 spiro atoms. The van der Waals surface area contributed by atoms with Crippen LogP contribution in [0.5, 0.6) is 23.1 Å². The van der Waals surface area contributed by atoms with Crippen molar-refractivity contribution in [2.45, 2.75) is 12.4 Å². The van der Waals surface area contributed by atoms with E-state index < -0.39 is 33.5 Å². The summed E-state index contributed by atoms with van der Waals surface area (Å²) in [6, 6.07) is 6.92. The molecule has 0 radical (unpaired) electrons. The predicted octanol–water partition coefficient (Wildman–Crippen LogP) is 7.59. The number of nitrogen functional groups attached to an aromatic ring is 1. The number of nitrogens with zero attached hydrogens (tertiary/aromatic N) is 1. The summed E-state index contributed by atoms with van der Waals surface area (Å²) in [6.07, 6.45) is -8.27. The monoisotopic (exact) mass is 482 g/mol. The van der Waals surface area contributed by atoms with Gasteiger partial charge >= 0.3 is 12.4 Å². The van der Waals surface area contributed by atoms with E-state index in [4.69, 9.17) is 38.4 Å². The Morgan fingerprint density at radius 3 is 1.71 bits per heavy atom. The van der Waals surface area contributed by atoms with E-state index in [0.717, 1.165) is 18.3 Å². The minimum Gasteiger partial charge on any atom is -0.455 e. The number of hydrogen-bond acceptors (Lipinski definition) is 4. The van der Waals surface area contributed by atoms with E-state index >= 15 is 0 Å². The summed E-state index contributed by atoms with van der Waals surface area (Å²) < 4.78 is 88.7. The molecule has 0 fully saturated rings. The highest BCUT2D eigenvalue weighted by Crippen LogP contribution is 2.41. The molecule has 4 nitrogen and oxygen atoms in total. The molecule has 1 aromatic heterocycles. The zero-order chi connectivity index (χ0) is 23.0. The lowest BCUT2D eigenvalue weighted by Crippen LogP contribution is -2.06. The van der Waals surface area contributed by atoms with Crippen LogP contribution in [0.25, 0.3) is 0 Å². The molecule has 0 saturated heterocycles. The quantitative estimate of drug-likeness (QED) is 0.389. The van der Waals surface area contributed by atoms with Gasteiger partial charge in [-0.1, -0.05) is 23.2 Å². The Labute approximate surface area is 181 Å². The fraction of sp³-hybridized carbons (Fsp3) is 0.105. The van der Waals surface area contributed by atoms with Crippen molar-refractivity contribution in [2.24, 2.45) is 0 Å². The van der Waals surface area contributed by atoms with Crippen molar-refractivity contribution < 1.29 is 35.8 Å². The Morgan fingerprint density at radius 1 is 0.742 bits per heavy atom. The van der Waals surface area contributed by atoms with E-state index in [-0.39, 0.29) is 28.8 Å². The fourth-order valence-corrected chi connectivity index (χ4v) is 2.87. The second-order valence-electron chi connectivity index (χ2n) is 6.01. The van der Waals surface area contributed by atoms with Crippen LogP contribution in [0.15, 0.2) is 48.7 Å². The highest BCUT2D eigenvalue weighted by Gasteiger charge is 2.34. The topological polar surface area (TPSA) is 57.4 Å². The number of aromatic nitrogens is 1. The number of hydrogen-bond donors (Lipinski definition) is 1. The molecule has 0 amide bonds. The highest BCUT2D eigenvalue weighted by atomic mass is 35.5. The van der Waals surface area contributed by atoms with Crippen molar-refractivity contribution in [2.75, 3.05) is 5.73 Å². The molecule has 1 heterocycles. The van der Waals surface area contributed by atoms with Gasteiger partial charge in [-0.3, -0.25) is 0 Å². The molecule has 31 heavy (non-hydrogen) atoms. The minimum atomic E-state index is -4.72. The SMILES string of the molecule is Nc1c(Oc2ccc(Cl)c(C(F)(F)F)c2)ccnc1Oc1ccc(Cl)c(C(F)(F)F)c1. The first-order valence-electron chi connectivity index (χ1n) is 8.20. The van der Waals surface area contributed by atoms with Crippen LogP contribution in [0.4, 0.5) is 32.0 Å². The molecule has 12 heteroatoms. The van der Waals surface area contributed by atoms with E-state index in [1.54, 1.807) is 0 Å². The van der Waals surface area contributed by atoms with Crippen molar-refractivity contribution in [3.05, 3.63) is 69.8 Å². The number of ether oxygens (including phenoxy) is 2. The average molecular weight is 483 g/mol. The lowest BCUT2D eigenvalue weighted by Gasteiger charge is -2.15. The van der Waals surface area contributed by atoms with E-state index in [0.29, 0.717) is 12.1 Å². The molecule has 0 aliphatic carbocycles. The molecule has 0 atom stereocenters. The van der Waals surface area contributed by atoms with Crippen LogP contribution in [-0.4, -0.2) is 4.98 Å². The summed E-state index contributed by atoms with van der Waals surface area (Å²) in [4.78, 5) is 3.82. The first-order chi connectivity index (χ1) is 14.4. The average Bonchev–Trinajstić information content (AvgIpc) is 2.66. The zero-order valence-electron chi connectivity index (χ0n) is 15.0. The molecule has 2 N–H and O–H groups in total. The van der Waals surface area contributed by atoms with Crippen molar-refractivity contribution in [1.29, 1.82) is 0 Å². The summed E-state index contributed by atoms with van der Waals surface area (Å²) in [5, 5.41) is -1.05. The van der Waals surface area contributed by atoms with Gasteiger partial charge in [0, 0.05) is 12.3 Å². The van der Waals surface area contributed by atoms with Crippen LogP contribution in [0.1, 0.15) is 11.1 Å². The van der Waals surface area contributed by atoms with Crippen LogP contribution in [0.3, 0.4) is 0 Å². The molecular formula is C19H10Cl2F6N2O2. The van der Waals surface area contributed by atoms with Gasteiger partial charge in [-0.2, -0.15) is 26.3 Å². The molecule has 0 aliphatic heterocycles. The Balaban J connectivity index is 1.90. The van der Waals surface area contributed by atoms with Gasteiger partial charge in [0.25, 0.3) is 0 Å². The Kier molecular flexibility index (Phi) is 6.15. The summed E-state index contributed by atoms with van der Waals surface area (Å²) >= 11 is 11.1. The van der Waals surface area contributed by atoms with Gasteiger partial charge in [-0.15, -0.1) is 0 Å². The van der Waals surface area contributed by atoms with E-state index in [9.17, 15) is 26.3 Å². The molecule has 0 aliphatic rings. The number of rotatable bonds is 4. The molecule has 2 aromatic carbocycles. The Hall–Kier alpha value is -2.85. The maximum absolute atomic E-state index is 13.0. The van der Waals surface area contributed by atoms with Crippen molar-refractivity contribution in [3.63, 3.8) is 0 Å². The van der Waals surface area contributed by atoms with Gasteiger partial charge < -0.3 is 15.2 Å². The number of alkyl halides is 6. The smallest absolute Gasteiger partial charge is 0.417 e. The summed E-state index contributed by atoms with van der Waals surface area (Å²) in [5.74, 6) is -0.950. The van der Waals surface area contributed by atoms with Crippen LogP contribution >= 0.6 is 23.2 Å². The van der Waals surface area contributed by atoms with E-state index in [1.165, 1.54) is 18.2 Å². The first kappa shape index (κ1) is 22.8. The largest absolute Gasteiger partial charge is 0.455 e. The Morgan fingerprint density at radius 2 is 1.23 bits per heavy atom. The third-order valence-electron chi connectivity index (χ3n) is 3.84. The van der Waals surface area contributed by atoms with E-state index in [2.05, 4.69) is 4.98 Å². The highest BCUT2D eigenvalue weighted by molar-refractivity contribution is 6.31. The van der Waals surface area contributed by atoms with E-state index in [1.807, 2.05) is 0 Å². The second-order valence-corrected chi connectivity index (χ2v) is 6.83.